The summed E-state index contributed by atoms with van der Waals surface area (Å²) in [6, 6.07) is 18.8. The number of fused-ring (bicyclic) bond motifs is 1. The van der Waals surface area contributed by atoms with Crippen LogP contribution in [0.3, 0.4) is 0 Å². The number of hydrogen-bond acceptors (Lipinski definition) is 4. The molecule has 166 valence electrons. The molecule has 0 N–H and O–H groups in total. The number of benzene rings is 2. The van der Waals surface area contributed by atoms with Crippen molar-refractivity contribution in [1.82, 2.24) is 9.88 Å². The smallest absolute Gasteiger partial charge is 0.233 e. The third-order valence-corrected chi connectivity index (χ3v) is 6.94. The molecule has 3 aromatic rings. The summed E-state index contributed by atoms with van der Waals surface area (Å²) in [6.07, 6.45) is 6.08. The summed E-state index contributed by atoms with van der Waals surface area (Å²) in [7, 11) is 0. The Morgan fingerprint density at radius 3 is 2.69 bits per heavy atom. The summed E-state index contributed by atoms with van der Waals surface area (Å²) < 4.78 is 11.6. The zero-order valence-corrected chi connectivity index (χ0v) is 18.4. The Kier molecular flexibility index (Phi) is 6.19. The summed E-state index contributed by atoms with van der Waals surface area (Å²) in [6.45, 7) is 3.88. The number of ether oxygens (including phenoxy) is 2. The van der Waals surface area contributed by atoms with Gasteiger partial charge in [-0.2, -0.15) is 0 Å². The van der Waals surface area contributed by atoms with Gasteiger partial charge in [-0.05, 0) is 47.9 Å². The monoisotopic (exact) mass is 430 g/mol. The van der Waals surface area contributed by atoms with Gasteiger partial charge in [0.25, 0.3) is 0 Å². The van der Waals surface area contributed by atoms with Crippen LogP contribution < -0.4 is 0 Å². The standard InChI is InChI=1S/C27H30N2O3/c30-26(27(9-13-31-14-10-27)25-4-2-1-3-5-25)29-12-15-32-20-22(19-29)16-21-6-7-23-8-11-28-18-24(23)17-21/h1-8,11,17-18,22H,9-10,12-16,19-20H2. The van der Waals surface area contributed by atoms with Gasteiger partial charge >= 0.3 is 0 Å². The topological polar surface area (TPSA) is 51.7 Å². The molecule has 2 saturated heterocycles. The molecule has 0 aliphatic carbocycles. The van der Waals surface area contributed by atoms with Gasteiger partial charge in [0.05, 0.1) is 18.6 Å². The highest BCUT2D eigenvalue weighted by molar-refractivity contribution is 5.88. The lowest BCUT2D eigenvalue weighted by Gasteiger charge is -2.40. The minimum atomic E-state index is -0.497. The molecular weight excluding hydrogens is 400 g/mol. The van der Waals surface area contributed by atoms with Crippen LogP contribution in [0.5, 0.6) is 0 Å². The van der Waals surface area contributed by atoms with Gasteiger partial charge in [-0.15, -0.1) is 0 Å². The van der Waals surface area contributed by atoms with Gasteiger partial charge in [-0.1, -0.05) is 42.5 Å². The Balaban J connectivity index is 1.37. The van der Waals surface area contributed by atoms with E-state index < -0.39 is 5.41 Å². The molecule has 0 radical (unpaired) electrons. The highest BCUT2D eigenvalue weighted by atomic mass is 16.5. The number of rotatable bonds is 4. The van der Waals surface area contributed by atoms with Gasteiger partial charge in [0.1, 0.15) is 0 Å². The van der Waals surface area contributed by atoms with E-state index in [0.717, 1.165) is 36.8 Å². The Labute approximate surface area is 189 Å². The molecule has 2 aromatic carbocycles. The predicted octanol–water partition coefficient (Wildman–Crippen LogP) is 4.00. The van der Waals surface area contributed by atoms with Gasteiger partial charge in [0.15, 0.2) is 0 Å². The first-order valence-corrected chi connectivity index (χ1v) is 11.6. The van der Waals surface area contributed by atoms with Crippen molar-refractivity contribution in [2.45, 2.75) is 24.7 Å². The van der Waals surface area contributed by atoms with E-state index in [4.69, 9.17) is 9.47 Å². The summed E-state index contributed by atoms with van der Waals surface area (Å²) in [5.41, 5.74) is 1.87. The molecule has 5 rings (SSSR count). The maximum Gasteiger partial charge on any atom is 0.233 e. The molecule has 1 aromatic heterocycles. The average Bonchev–Trinajstić information content (AvgIpc) is 3.10. The van der Waals surface area contributed by atoms with Crippen LogP contribution in [0, 0.1) is 5.92 Å². The van der Waals surface area contributed by atoms with Crippen molar-refractivity contribution in [3.63, 3.8) is 0 Å². The molecule has 5 nitrogen and oxygen atoms in total. The molecule has 1 unspecified atom stereocenters. The largest absolute Gasteiger partial charge is 0.381 e. The summed E-state index contributed by atoms with van der Waals surface area (Å²) in [5, 5.41) is 2.35. The van der Waals surface area contributed by atoms with Crippen LogP contribution in [-0.2, 0) is 26.1 Å². The highest BCUT2D eigenvalue weighted by Gasteiger charge is 2.44. The first-order chi connectivity index (χ1) is 15.7. The van der Waals surface area contributed by atoms with Gasteiger partial charge in [-0.25, -0.2) is 0 Å². The zero-order valence-electron chi connectivity index (χ0n) is 18.4. The van der Waals surface area contributed by atoms with E-state index in [1.54, 1.807) is 0 Å². The first-order valence-electron chi connectivity index (χ1n) is 11.6. The van der Waals surface area contributed by atoms with Crippen molar-refractivity contribution in [2.75, 3.05) is 39.5 Å². The Hall–Kier alpha value is -2.76. The van der Waals surface area contributed by atoms with Crippen LogP contribution in [0.2, 0.25) is 0 Å². The van der Waals surface area contributed by atoms with Crippen molar-refractivity contribution >= 4 is 16.7 Å². The Morgan fingerprint density at radius 2 is 1.84 bits per heavy atom. The fourth-order valence-corrected chi connectivity index (χ4v) is 5.19. The maximum atomic E-state index is 14.0. The third-order valence-electron chi connectivity index (χ3n) is 6.94. The summed E-state index contributed by atoms with van der Waals surface area (Å²) in [4.78, 5) is 20.3. The van der Waals surface area contributed by atoms with Crippen molar-refractivity contribution in [3.05, 3.63) is 78.1 Å². The number of amides is 1. The van der Waals surface area contributed by atoms with Crippen LogP contribution >= 0.6 is 0 Å². The molecule has 3 heterocycles. The highest BCUT2D eigenvalue weighted by Crippen LogP contribution is 2.37. The summed E-state index contributed by atoms with van der Waals surface area (Å²) >= 11 is 0. The van der Waals surface area contributed by atoms with Crippen LogP contribution in [0.1, 0.15) is 24.0 Å². The maximum absolute atomic E-state index is 14.0. The molecule has 2 fully saturated rings. The minimum Gasteiger partial charge on any atom is -0.381 e. The third kappa shape index (κ3) is 4.27. The Morgan fingerprint density at radius 1 is 1.00 bits per heavy atom. The first kappa shape index (κ1) is 21.1. The van der Waals surface area contributed by atoms with Gasteiger partial charge in [0, 0.05) is 50.0 Å². The molecule has 0 bridgehead atoms. The number of carbonyl (C=O) groups excluding carboxylic acids is 1. The van der Waals surface area contributed by atoms with Crippen molar-refractivity contribution in [3.8, 4) is 0 Å². The lowest BCUT2D eigenvalue weighted by atomic mass is 9.73. The van der Waals surface area contributed by atoms with Crippen LogP contribution in [0.15, 0.2) is 67.0 Å². The van der Waals surface area contributed by atoms with Crippen molar-refractivity contribution in [1.29, 1.82) is 0 Å². The summed E-state index contributed by atoms with van der Waals surface area (Å²) in [5.74, 6) is 0.494. The van der Waals surface area contributed by atoms with Crippen molar-refractivity contribution in [2.24, 2.45) is 5.92 Å². The van der Waals surface area contributed by atoms with E-state index in [-0.39, 0.29) is 11.8 Å². The molecule has 0 saturated carbocycles. The van der Waals surface area contributed by atoms with Crippen LogP contribution in [0.4, 0.5) is 0 Å². The van der Waals surface area contributed by atoms with Crippen LogP contribution in [0.25, 0.3) is 10.8 Å². The lowest BCUT2D eigenvalue weighted by molar-refractivity contribution is -0.141. The minimum absolute atomic E-state index is 0.227. The molecule has 1 atom stereocenters. The predicted molar refractivity (Wildman–Crippen MR) is 125 cm³/mol. The second kappa shape index (κ2) is 9.39. The van der Waals surface area contributed by atoms with E-state index in [1.165, 1.54) is 10.9 Å². The molecule has 1 amide bonds. The average molecular weight is 431 g/mol. The van der Waals surface area contributed by atoms with Crippen molar-refractivity contribution < 1.29 is 14.3 Å². The van der Waals surface area contributed by atoms with E-state index in [2.05, 4.69) is 40.2 Å². The number of hydrogen-bond donors (Lipinski definition) is 0. The zero-order chi connectivity index (χ0) is 21.8. The molecule has 32 heavy (non-hydrogen) atoms. The molecule has 2 aliphatic rings. The molecule has 5 heteroatoms. The number of aromatic nitrogens is 1. The molecule has 2 aliphatic heterocycles. The van der Waals surface area contributed by atoms with E-state index >= 15 is 0 Å². The fraction of sp³-hybridized carbons (Fsp3) is 0.407. The quantitative estimate of drug-likeness (QED) is 0.628. The van der Waals surface area contributed by atoms with Gasteiger partial charge < -0.3 is 14.4 Å². The second-order valence-corrected chi connectivity index (χ2v) is 9.01. The number of pyridine rings is 1. The fourth-order valence-electron chi connectivity index (χ4n) is 5.19. The van der Waals surface area contributed by atoms with Crippen LogP contribution in [-0.4, -0.2) is 55.3 Å². The Bertz CT molecular complexity index is 1060. The van der Waals surface area contributed by atoms with Gasteiger partial charge in [-0.3, -0.25) is 9.78 Å². The van der Waals surface area contributed by atoms with E-state index in [1.807, 2.05) is 36.7 Å². The number of nitrogens with zero attached hydrogens (tertiary/aromatic N) is 2. The van der Waals surface area contributed by atoms with E-state index in [0.29, 0.717) is 33.0 Å². The molecule has 0 spiro atoms. The SMILES string of the molecule is O=C(N1CCOCC(Cc2ccc3ccncc3c2)C1)C1(c2ccccc2)CCOCC1. The van der Waals surface area contributed by atoms with E-state index in [9.17, 15) is 4.79 Å². The molecular formula is C27H30N2O3. The van der Waals surface area contributed by atoms with Gasteiger partial charge in [0.2, 0.25) is 5.91 Å². The lowest BCUT2D eigenvalue weighted by Crippen LogP contribution is -2.51. The normalized spacial score (nSPS) is 21.2. The number of carbonyl (C=O) groups is 1. The second-order valence-electron chi connectivity index (χ2n) is 9.01.